The third kappa shape index (κ3) is 17.6. The molecule has 0 radical (unpaired) electrons. The highest BCUT2D eigenvalue weighted by Gasteiger charge is 2.14. The van der Waals surface area contributed by atoms with Crippen molar-refractivity contribution in [1.29, 1.82) is 0 Å². The van der Waals surface area contributed by atoms with Gasteiger partial charge < -0.3 is 37.9 Å². The summed E-state index contributed by atoms with van der Waals surface area (Å²) in [5.74, 6) is -0.442. The van der Waals surface area contributed by atoms with Gasteiger partial charge in [0, 0.05) is 5.57 Å². The van der Waals surface area contributed by atoms with Gasteiger partial charge in [-0.3, -0.25) is 0 Å². The molecule has 0 aliphatic heterocycles. The van der Waals surface area contributed by atoms with E-state index in [1.165, 1.54) is 0 Å². The number of carbonyl (C=O) groups is 2. The molecule has 0 bridgehead atoms. The van der Waals surface area contributed by atoms with Crippen LogP contribution in [0.2, 0.25) is 0 Å². The molecule has 0 saturated carbocycles. The zero-order chi connectivity index (χ0) is 17.0. The Kier molecular flexibility index (Phi) is 14.7. The van der Waals surface area contributed by atoms with Crippen LogP contribution in [-0.2, 0) is 19.1 Å². The van der Waals surface area contributed by atoms with E-state index in [-0.39, 0.29) is 35.9 Å². The highest BCUT2D eigenvalue weighted by molar-refractivity contribution is 5.86. The van der Waals surface area contributed by atoms with Crippen LogP contribution in [0.3, 0.4) is 0 Å². The molecule has 0 aromatic heterocycles. The lowest BCUT2D eigenvalue weighted by molar-refractivity contribution is -0.862. The van der Waals surface area contributed by atoms with Crippen LogP contribution in [-0.4, -0.2) is 57.3 Å². The Morgan fingerprint density at radius 1 is 0.870 bits per heavy atom. The number of likely N-dealkylation sites (N-methyl/N-ethyl adjacent to an activating group) is 1. The van der Waals surface area contributed by atoms with Crippen LogP contribution in [0.15, 0.2) is 12.2 Å². The number of rotatable bonds is 12. The maximum Gasteiger partial charge on any atom is 0.361 e. The Balaban J connectivity index is 0. The second-order valence-electron chi connectivity index (χ2n) is 6.71. The summed E-state index contributed by atoms with van der Waals surface area (Å²) in [4.78, 5) is 22.6. The standard InChI is InChI=1S/C17H32NO4.HI/c1-15(2)17(20)22-13-11-9-7-6-8-10-12-21-16(19)14-18(3,4)5;/h1,6-14H2,2-5H3;1H/q+1;/p-1. The summed E-state index contributed by atoms with van der Waals surface area (Å²) in [5, 5.41) is 0. The Morgan fingerprint density at radius 2 is 1.30 bits per heavy atom. The van der Waals surface area contributed by atoms with Crippen molar-refractivity contribution in [3.05, 3.63) is 12.2 Å². The van der Waals surface area contributed by atoms with Crippen LogP contribution in [0.25, 0.3) is 0 Å². The molecule has 0 saturated heterocycles. The van der Waals surface area contributed by atoms with Gasteiger partial charge in [-0.15, -0.1) is 0 Å². The third-order valence-electron chi connectivity index (χ3n) is 2.99. The fourth-order valence-corrected chi connectivity index (χ4v) is 1.82. The fourth-order valence-electron chi connectivity index (χ4n) is 1.82. The molecule has 0 aliphatic rings. The number of quaternary nitrogens is 1. The van der Waals surface area contributed by atoms with Gasteiger partial charge in [0.15, 0.2) is 6.54 Å². The number of nitrogens with zero attached hydrogens (tertiary/aromatic N) is 1. The average Bonchev–Trinajstić information content (AvgIpc) is 2.38. The first-order valence-corrected chi connectivity index (χ1v) is 8.01. The van der Waals surface area contributed by atoms with Gasteiger partial charge in [0.25, 0.3) is 0 Å². The van der Waals surface area contributed by atoms with E-state index in [0.29, 0.717) is 29.8 Å². The predicted molar refractivity (Wildman–Crippen MR) is 87.3 cm³/mol. The van der Waals surface area contributed by atoms with E-state index in [0.717, 1.165) is 38.5 Å². The maximum atomic E-state index is 11.5. The van der Waals surface area contributed by atoms with Gasteiger partial charge in [-0.2, -0.15) is 0 Å². The van der Waals surface area contributed by atoms with Crippen LogP contribution >= 0.6 is 0 Å². The summed E-state index contributed by atoms with van der Waals surface area (Å²) in [6, 6.07) is 0. The molecule has 0 rings (SSSR count). The molecular weight excluding hydrogens is 409 g/mol. The van der Waals surface area contributed by atoms with Gasteiger partial charge in [-0.25, -0.2) is 9.59 Å². The van der Waals surface area contributed by atoms with E-state index in [2.05, 4.69) is 6.58 Å². The average molecular weight is 441 g/mol. The topological polar surface area (TPSA) is 52.6 Å². The number of unbranched alkanes of at least 4 members (excludes halogenated alkanes) is 5. The highest BCUT2D eigenvalue weighted by atomic mass is 127. The summed E-state index contributed by atoms with van der Waals surface area (Å²) in [5.41, 5.74) is 0.444. The van der Waals surface area contributed by atoms with Crippen molar-refractivity contribution in [2.45, 2.75) is 45.4 Å². The second kappa shape index (κ2) is 13.8. The first-order chi connectivity index (χ1) is 10.2. The van der Waals surface area contributed by atoms with E-state index in [9.17, 15) is 9.59 Å². The van der Waals surface area contributed by atoms with Crippen molar-refractivity contribution in [2.75, 3.05) is 40.9 Å². The van der Waals surface area contributed by atoms with E-state index in [1.807, 2.05) is 21.1 Å². The first kappa shape index (κ1) is 24.6. The van der Waals surface area contributed by atoms with Gasteiger partial charge in [-0.05, 0) is 19.8 Å². The van der Waals surface area contributed by atoms with Crippen LogP contribution in [0.4, 0.5) is 0 Å². The fraction of sp³-hybridized carbons (Fsp3) is 0.765. The molecule has 0 heterocycles. The molecule has 0 amide bonds. The monoisotopic (exact) mass is 441 g/mol. The largest absolute Gasteiger partial charge is 1.00 e. The molecule has 0 spiro atoms. The van der Waals surface area contributed by atoms with Gasteiger partial charge >= 0.3 is 11.9 Å². The lowest BCUT2D eigenvalue weighted by Crippen LogP contribution is -3.00. The minimum atomic E-state index is -0.310. The smallest absolute Gasteiger partial charge is 0.361 e. The lowest BCUT2D eigenvalue weighted by Gasteiger charge is -2.22. The van der Waals surface area contributed by atoms with Crippen molar-refractivity contribution in [1.82, 2.24) is 0 Å². The molecule has 5 nitrogen and oxygen atoms in total. The normalized spacial score (nSPS) is 10.6. The van der Waals surface area contributed by atoms with Crippen molar-refractivity contribution in [2.24, 2.45) is 0 Å². The van der Waals surface area contributed by atoms with Crippen molar-refractivity contribution in [3.63, 3.8) is 0 Å². The zero-order valence-corrected chi connectivity index (χ0v) is 17.2. The van der Waals surface area contributed by atoms with Crippen LogP contribution < -0.4 is 24.0 Å². The quantitative estimate of drug-likeness (QED) is 0.137. The number of hydrogen-bond donors (Lipinski definition) is 0. The van der Waals surface area contributed by atoms with Gasteiger partial charge in [0.05, 0.1) is 34.4 Å². The number of hydrogen-bond acceptors (Lipinski definition) is 4. The molecule has 0 N–H and O–H groups in total. The molecule has 0 atom stereocenters. The number of ether oxygens (including phenoxy) is 2. The SMILES string of the molecule is C=C(C)C(=O)OCCCCCCCCOC(=O)C[N+](C)(C)C.[I-]. The Hall–Kier alpha value is -0.630. The predicted octanol–water partition coefficient (Wildman–Crippen LogP) is -0.300. The van der Waals surface area contributed by atoms with E-state index < -0.39 is 0 Å². The number of halogens is 1. The summed E-state index contributed by atoms with van der Waals surface area (Å²) in [6.45, 7) is 6.56. The molecular formula is C17H32INO4. The van der Waals surface area contributed by atoms with Crippen molar-refractivity contribution in [3.8, 4) is 0 Å². The van der Waals surface area contributed by atoms with Crippen molar-refractivity contribution >= 4 is 11.9 Å². The molecule has 0 aromatic rings. The molecule has 23 heavy (non-hydrogen) atoms. The summed E-state index contributed by atoms with van der Waals surface area (Å²) >= 11 is 0. The summed E-state index contributed by atoms with van der Waals surface area (Å²) in [7, 11) is 5.90. The van der Waals surface area contributed by atoms with Crippen molar-refractivity contribution < 1.29 is 47.5 Å². The molecule has 0 fully saturated rings. The molecule has 136 valence electrons. The minimum Gasteiger partial charge on any atom is -1.00 e. The second-order valence-corrected chi connectivity index (χ2v) is 6.71. The van der Waals surface area contributed by atoms with Crippen LogP contribution in [0.5, 0.6) is 0 Å². The molecule has 0 unspecified atom stereocenters. The zero-order valence-electron chi connectivity index (χ0n) is 15.0. The minimum absolute atomic E-state index is 0. The third-order valence-corrected chi connectivity index (χ3v) is 2.99. The van der Waals surface area contributed by atoms with Gasteiger partial charge in [0.2, 0.25) is 0 Å². The maximum absolute atomic E-state index is 11.5. The number of carbonyl (C=O) groups excluding carboxylic acids is 2. The van der Waals surface area contributed by atoms with Gasteiger partial charge in [-0.1, -0.05) is 32.3 Å². The summed E-state index contributed by atoms with van der Waals surface area (Å²) < 4.78 is 10.8. The number of esters is 2. The van der Waals surface area contributed by atoms with E-state index in [4.69, 9.17) is 9.47 Å². The van der Waals surface area contributed by atoms with Crippen LogP contribution in [0.1, 0.15) is 45.4 Å². The summed E-state index contributed by atoms with van der Waals surface area (Å²) in [6.07, 6.45) is 6.12. The molecule has 6 heteroatoms. The van der Waals surface area contributed by atoms with Gasteiger partial charge in [0.1, 0.15) is 0 Å². The van der Waals surface area contributed by atoms with Crippen LogP contribution in [0, 0.1) is 0 Å². The Bertz CT molecular complexity index is 364. The van der Waals surface area contributed by atoms with E-state index >= 15 is 0 Å². The molecule has 0 aliphatic carbocycles. The first-order valence-electron chi connectivity index (χ1n) is 8.01. The highest BCUT2D eigenvalue weighted by Crippen LogP contribution is 2.06. The Morgan fingerprint density at radius 3 is 1.74 bits per heavy atom. The Labute approximate surface area is 158 Å². The molecule has 0 aromatic carbocycles. The van der Waals surface area contributed by atoms with E-state index in [1.54, 1.807) is 6.92 Å². The lowest BCUT2D eigenvalue weighted by atomic mass is 10.1.